The van der Waals surface area contributed by atoms with Crippen LogP contribution >= 0.6 is 0 Å². The van der Waals surface area contributed by atoms with E-state index in [1.165, 1.54) is 22.3 Å². The summed E-state index contributed by atoms with van der Waals surface area (Å²) in [6.07, 6.45) is 8.68. The van der Waals surface area contributed by atoms with Gasteiger partial charge < -0.3 is 0 Å². The van der Waals surface area contributed by atoms with Crippen LogP contribution in [-0.4, -0.2) is 0 Å². The van der Waals surface area contributed by atoms with Crippen molar-refractivity contribution in [3.8, 4) is 0 Å². The first kappa shape index (κ1) is 11.9. The van der Waals surface area contributed by atoms with Gasteiger partial charge in [0.05, 0.1) is 0 Å². The second-order valence-electron chi connectivity index (χ2n) is 3.55. The molecule has 1 aromatic rings. The molecule has 2 rings (SSSR count). The Kier molecular flexibility index (Phi) is 4.32. The van der Waals surface area contributed by atoms with E-state index < -0.39 is 0 Å². The molecule has 1 aliphatic rings. The van der Waals surface area contributed by atoms with Gasteiger partial charge in [0.25, 0.3) is 0 Å². The summed E-state index contributed by atoms with van der Waals surface area (Å²) >= 11 is 0. The standard InChI is InChI=1S/C13H15.Zr/c1-3-10-8-12-6-5-7-13(12)9-11(10)4-2;/h6,8-9H,3-4,7H2,1-2H3;/q-1;. The van der Waals surface area contributed by atoms with Crippen molar-refractivity contribution in [3.63, 3.8) is 0 Å². The summed E-state index contributed by atoms with van der Waals surface area (Å²) in [6.45, 7) is 4.45. The molecule has 0 amide bonds. The maximum atomic E-state index is 3.27. The first-order valence-corrected chi connectivity index (χ1v) is 5.06. The van der Waals surface area contributed by atoms with Crippen molar-refractivity contribution in [2.75, 3.05) is 0 Å². The Bertz CT molecular complexity index is 350. The van der Waals surface area contributed by atoms with Gasteiger partial charge in [-0.05, 0) is 18.4 Å². The molecule has 1 heteroatoms. The van der Waals surface area contributed by atoms with Gasteiger partial charge in [0.15, 0.2) is 0 Å². The minimum absolute atomic E-state index is 0. The number of rotatable bonds is 2. The molecule has 0 aromatic heterocycles. The Balaban J connectivity index is 0.000000980. The van der Waals surface area contributed by atoms with Gasteiger partial charge in [-0.25, -0.2) is 6.08 Å². The van der Waals surface area contributed by atoms with Gasteiger partial charge in [0.1, 0.15) is 0 Å². The van der Waals surface area contributed by atoms with Gasteiger partial charge in [-0.1, -0.05) is 25.5 Å². The number of allylic oxidation sites excluding steroid dienone is 1. The Morgan fingerprint density at radius 1 is 1.14 bits per heavy atom. The van der Waals surface area contributed by atoms with Crippen molar-refractivity contribution in [1.82, 2.24) is 0 Å². The predicted molar refractivity (Wildman–Crippen MR) is 56.6 cm³/mol. The van der Waals surface area contributed by atoms with Gasteiger partial charge in [-0.15, -0.1) is 18.1 Å². The summed E-state index contributed by atoms with van der Waals surface area (Å²) in [4.78, 5) is 0. The zero-order valence-electron chi connectivity index (χ0n) is 8.85. The minimum Gasteiger partial charge on any atom is -0.272 e. The van der Waals surface area contributed by atoms with Crippen molar-refractivity contribution in [2.45, 2.75) is 33.1 Å². The Morgan fingerprint density at radius 2 is 1.79 bits per heavy atom. The monoisotopic (exact) mass is 261 g/mol. The average molecular weight is 262 g/mol. The van der Waals surface area contributed by atoms with E-state index in [0.717, 1.165) is 19.3 Å². The molecule has 0 aliphatic heterocycles. The molecule has 0 saturated carbocycles. The molecule has 0 bridgehead atoms. The molecule has 0 nitrogen and oxygen atoms in total. The summed E-state index contributed by atoms with van der Waals surface area (Å²) < 4.78 is 0. The quantitative estimate of drug-likeness (QED) is 0.718. The van der Waals surface area contributed by atoms with E-state index in [4.69, 9.17) is 0 Å². The van der Waals surface area contributed by atoms with Crippen LogP contribution in [-0.2, 0) is 45.5 Å². The molecular weight excluding hydrogens is 247 g/mol. The Labute approximate surface area is 106 Å². The second-order valence-corrected chi connectivity index (χ2v) is 3.55. The molecule has 14 heavy (non-hydrogen) atoms. The van der Waals surface area contributed by atoms with Crippen LogP contribution in [0.2, 0.25) is 0 Å². The van der Waals surface area contributed by atoms with Crippen LogP contribution in [0.4, 0.5) is 0 Å². The van der Waals surface area contributed by atoms with Crippen LogP contribution in [0.5, 0.6) is 0 Å². The molecule has 0 spiro atoms. The predicted octanol–water partition coefficient (Wildman–Crippen LogP) is 3.18. The Morgan fingerprint density at radius 3 is 2.43 bits per heavy atom. The topological polar surface area (TPSA) is 0 Å². The largest absolute Gasteiger partial charge is 0.272 e. The minimum atomic E-state index is 0. The number of hydrogen-bond acceptors (Lipinski definition) is 0. The SMILES string of the molecule is CCc1cc2c(cc1CC)C[C-]=C2.[Zr]. The smallest absolute Gasteiger partial charge is 0 e. The summed E-state index contributed by atoms with van der Waals surface area (Å²) in [7, 11) is 0. The molecule has 72 valence electrons. The van der Waals surface area contributed by atoms with E-state index in [1.54, 1.807) is 0 Å². The molecular formula is C13H15Zr-. The fraction of sp³-hybridized carbons (Fsp3) is 0.385. The van der Waals surface area contributed by atoms with Crippen molar-refractivity contribution in [2.24, 2.45) is 0 Å². The van der Waals surface area contributed by atoms with Gasteiger partial charge >= 0.3 is 0 Å². The van der Waals surface area contributed by atoms with E-state index in [9.17, 15) is 0 Å². The number of benzene rings is 1. The number of aryl methyl sites for hydroxylation is 2. The van der Waals surface area contributed by atoms with Crippen molar-refractivity contribution in [1.29, 1.82) is 0 Å². The van der Waals surface area contributed by atoms with E-state index in [1.807, 2.05) is 0 Å². The fourth-order valence-electron chi connectivity index (χ4n) is 1.98. The summed E-state index contributed by atoms with van der Waals surface area (Å²) in [5.74, 6) is 0. The summed E-state index contributed by atoms with van der Waals surface area (Å²) in [5, 5.41) is 0. The van der Waals surface area contributed by atoms with E-state index in [-0.39, 0.29) is 26.2 Å². The van der Waals surface area contributed by atoms with Gasteiger partial charge in [-0.3, -0.25) is 6.08 Å². The zero-order valence-corrected chi connectivity index (χ0v) is 11.3. The molecule has 0 N–H and O–H groups in total. The van der Waals surface area contributed by atoms with Crippen molar-refractivity contribution >= 4 is 6.08 Å². The fourth-order valence-corrected chi connectivity index (χ4v) is 1.98. The third-order valence-corrected chi connectivity index (χ3v) is 2.77. The van der Waals surface area contributed by atoms with Crippen LogP contribution < -0.4 is 0 Å². The zero-order chi connectivity index (χ0) is 9.26. The van der Waals surface area contributed by atoms with Crippen LogP contribution in [0, 0.1) is 6.08 Å². The van der Waals surface area contributed by atoms with E-state index in [0.29, 0.717) is 0 Å². The molecule has 1 aliphatic carbocycles. The van der Waals surface area contributed by atoms with Crippen molar-refractivity contribution < 1.29 is 26.2 Å². The summed E-state index contributed by atoms with van der Waals surface area (Å²) in [6, 6.07) is 4.68. The first-order chi connectivity index (χ1) is 6.35. The molecule has 0 saturated heterocycles. The molecule has 0 unspecified atom stereocenters. The molecule has 0 atom stereocenters. The van der Waals surface area contributed by atoms with Crippen LogP contribution in [0.1, 0.15) is 36.1 Å². The Hall–Kier alpha value is -0.157. The molecule has 0 radical (unpaired) electrons. The van der Waals surface area contributed by atoms with Crippen LogP contribution in [0.25, 0.3) is 6.08 Å². The van der Waals surface area contributed by atoms with E-state index in [2.05, 4.69) is 38.1 Å². The average Bonchev–Trinajstić information content (AvgIpc) is 2.62. The number of fused-ring (bicyclic) bond motifs is 1. The van der Waals surface area contributed by atoms with Gasteiger partial charge in [0, 0.05) is 26.2 Å². The first-order valence-electron chi connectivity index (χ1n) is 5.06. The van der Waals surface area contributed by atoms with Crippen LogP contribution in [0.3, 0.4) is 0 Å². The molecule has 0 fully saturated rings. The van der Waals surface area contributed by atoms with Gasteiger partial charge in [0.2, 0.25) is 0 Å². The summed E-state index contributed by atoms with van der Waals surface area (Å²) in [5.41, 5.74) is 5.85. The molecule has 1 aromatic carbocycles. The third kappa shape index (κ3) is 2.08. The normalized spacial score (nSPS) is 12.4. The third-order valence-electron chi connectivity index (χ3n) is 2.77. The maximum Gasteiger partial charge on any atom is 0 e. The maximum absolute atomic E-state index is 3.27. The molecule has 0 heterocycles. The number of hydrogen-bond donors (Lipinski definition) is 0. The van der Waals surface area contributed by atoms with E-state index >= 15 is 0 Å². The van der Waals surface area contributed by atoms with Gasteiger partial charge in [-0.2, -0.15) is 5.56 Å². The second kappa shape index (κ2) is 5.07. The van der Waals surface area contributed by atoms with Crippen LogP contribution in [0.15, 0.2) is 12.1 Å². The van der Waals surface area contributed by atoms with Crippen molar-refractivity contribution in [3.05, 3.63) is 40.5 Å².